The molecule has 2 aromatic rings. The van der Waals surface area contributed by atoms with Crippen LogP contribution in [0.5, 0.6) is 0 Å². The van der Waals surface area contributed by atoms with Gasteiger partial charge >= 0.3 is 0 Å². The van der Waals surface area contributed by atoms with Crippen LogP contribution in [-0.4, -0.2) is 19.2 Å². The molecule has 0 atom stereocenters. The molecule has 0 bridgehead atoms. The first-order valence-corrected chi connectivity index (χ1v) is 8.32. The summed E-state index contributed by atoms with van der Waals surface area (Å²) in [5, 5.41) is 3.36. The second kappa shape index (κ2) is 4.68. The van der Waals surface area contributed by atoms with Crippen molar-refractivity contribution in [1.82, 2.24) is 4.90 Å². The van der Waals surface area contributed by atoms with Crippen LogP contribution in [-0.2, 0) is 10.0 Å². The Morgan fingerprint density at radius 1 is 0.955 bits per heavy atom. The van der Waals surface area contributed by atoms with Crippen molar-refractivity contribution < 1.29 is 8.42 Å². The minimum absolute atomic E-state index is 0.431. The summed E-state index contributed by atoms with van der Waals surface area (Å²) in [6.07, 6.45) is 7.07. The Kier molecular flexibility index (Phi) is 2.77. The Morgan fingerprint density at radius 2 is 1.77 bits per heavy atom. The number of hydrogen-bond acceptors (Lipinski definition) is 3. The normalized spacial score (nSPS) is 18.8. The van der Waals surface area contributed by atoms with Gasteiger partial charge < -0.3 is 4.90 Å². The summed E-state index contributed by atoms with van der Waals surface area (Å²) in [5.74, 6) is 0.431. The summed E-state index contributed by atoms with van der Waals surface area (Å²) in [4.78, 5) is 1.71. The van der Waals surface area contributed by atoms with E-state index in [0.29, 0.717) is 5.84 Å². The van der Waals surface area contributed by atoms with Gasteiger partial charge in [-0.2, -0.15) is 8.42 Å². The molecule has 0 saturated heterocycles. The zero-order chi connectivity index (χ0) is 15.2. The molecule has 0 N–H and O–H groups in total. The predicted octanol–water partition coefficient (Wildman–Crippen LogP) is 3.27. The first-order chi connectivity index (χ1) is 10.6. The lowest BCUT2D eigenvalue weighted by molar-refractivity contribution is 0.602. The molecule has 0 radical (unpaired) electrons. The molecule has 2 heterocycles. The van der Waals surface area contributed by atoms with E-state index < -0.39 is 10.0 Å². The lowest BCUT2D eigenvalue weighted by atomic mass is 9.99. The quantitative estimate of drug-likeness (QED) is 0.812. The van der Waals surface area contributed by atoms with Gasteiger partial charge in [0, 0.05) is 18.0 Å². The molecule has 22 heavy (non-hydrogen) atoms. The maximum absolute atomic E-state index is 11.7. The number of rotatable bonds is 1. The molecule has 4 rings (SSSR count). The van der Waals surface area contributed by atoms with Crippen LogP contribution >= 0.6 is 0 Å². The first kappa shape index (κ1) is 13.0. The molecule has 0 fully saturated rings. The maximum atomic E-state index is 11.7. The maximum Gasteiger partial charge on any atom is 0.278 e. The Hall–Kier alpha value is -2.66. The topological polar surface area (TPSA) is 49.7 Å². The molecule has 0 aromatic heterocycles. The fraction of sp³-hybridized carbons (Fsp3) is 0. The highest BCUT2D eigenvalue weighted by Gasteiger charge is 2.23. The number of benzene rings is 2. The average molecular weight is 308 g/mol. The van der Waals surface area contributed by atoms with Gasteiger partial charge in [0.2, 0.25) is 0 Å². The van der Waals surface area contributed by atoms with Gasteiger partial charge in [-0.15, -0.1) is 4.40 Å². The molecular weight excluding hydrogens is 296 g/mol. The van der Waals surface area contributed by atoms with E-state index in [2.05, 4.69) is 4.40 Å². The van der Waals surface area contributed by atoms with Gasteiger partial charge in [-0.05, 0) is 34.6 Å². The fourth-order valence-corrected chi connectivity index (χ4v) is 3.39. The standard InChI is InChI=1S/C17H12N2O2S/c20-22(21)11-10-19-9-3-6-16(17(19)18-22)15-8-7-13-4-1-2-5-14(13)12-15/h1-12H. The van der Waals surface area contributed by atoms with Crippen LogP contribution < -0.4 is 0 Å². The Labute approximate surface area is 128 Å². The zero-order valence-electron chi connectivity index (χ0n) is 11.5. The van der Waals surface area contributed by atoms with E-state index in [1.807, 2.05) is 54.6 Å². The summed E-state index contributed by atoms with van der Waals surface area (Å²) in [6.45, 7) is 0. The van der Waals surface area contributed by atoms with Crippen molar-refractivity contribution >= 4 is 32.2 Å². The Bertz CT molecular complexity index is 998. The van der Waals surface area contributed by atoms with Crippen molar-refractivity contribution in [3.8, 4) is 0 Å². The molecule has 0 spiro atoms. The van der Waals surface area contributed by atoms with E-state index in [0.717, 1.165) is 27.3 Å². The smallest absolute Gasteiger partial charge is 0.278 e. The second-order valence-corrected chi connectivity index (χ2v) is 6.59. The van der Waals surface area contributed by atoms with Crippen molar-refractivity contribution in [2.24, 2.45) is 4.40 Å². The van der Waals surface area contributed by atoms with Gasteiger partial charge in [0.15, 0.2) is 5.84 Å². The second-order valence-electron chi connectivity index (χ2n) is 5.11. The number of hydrogen-bond donors (Lipinski definition) is 0. The van der Waals surface area contributed by atoms with E-state index in [4.69, 9.17) is 0 Å². The minimum Gasteiger partial charge on any atom is -0.307 e. The third kappa shape index (κ3) is 2.16. The van der Waals surface area contributed by atoms with Gasteiger partial charge in [-0.3, -0.25) is 0 Å². The van der Waals surface area contributed by atoms with Gasteiger partial charge in [0.05, 0.1) is 5.41 Å². The predicted molar refractivity (Wildman–Crippen MR) is 88.4 cm³/mol. The number of nitrogens with zero attached hydrogens (tertiary/aromatic N) is 2. The first-order valence-electron chi connectivity index (χ1n) is 6.82. The van der Waals surface area contributed by atoms with Crippen LogP contribution in [0.15, 0.2) is 76.8 Å². The molecule has 0 amide bonds. The van der Waals surface area contributed by atoms with Crippen molar-refractivity contribution in [2.75, 3.05) is 0 Å². The largest absolute Gasteiger partial charge is 0.307 e. The molecule has 2 aliphatic heterocycles. The lowest BCUT2D eigenvalue weighted by Crippen LogP contribution is -2.27. The number of sulfonamides is 1. The molecule has 0 unspecified atom stereocenters. The zero-order valence-corrected chi connectivity index (χ0v) is 12.4. The van der Waals surface area contributed by atoms with Gasteiger partial charge in [0.1, 0.15) is 0 Å². The van der Waals surface area contributed by atoms with E-state index in [1.165, 1.54) is 6.20 Å². The van der Waals surface area contributed by atoms with Crippen molar-refractivity contribution in [3.63, 3.8) is 0 Å². The van der Waals surface area contributed by atoms with Crippen molar-refractivity contribution in [2.45, 2.75) is 0 Å². The highest BCUT2D eigenvalue weighted by molar-refractivity contribution is 7.93. The van der Waals surface area contributed by atoms with Crippen LogP contribution in [0.1, 0.15) is 5.56 Å². The Balaban J connectivity index is 1.88. The summed E-state index contributed by atoms with van der Waals surface area (Å²) in [5.41, 5.74) is 1.73. The lowest BCUT2D eigenvalue weighted by Gasteiger charge is -2.25. The van der Waals surface area contributed by atoms with E-state index in [-0.39, 0.29) is 0 Å². The van der Waals surface area contributed by atoms with E-state index in [9.17, 15) is 8.42 Å². The van der Waals surface area contributed by atoms with Crippen LogP contribution in [0.25, 0.3) is 16.3 Å². The highest BCUT2D eigenvalue weighted by atomic mass is 32.2. The summed E-state index contributed by atoms with van der Waals surface area (Å²) in [7, 11) is -3.55. The fourth-order valence-electron chi connectivity index (χ4n) is 2.61. The number of amidine groups is 1. The molecule has 0 aliphatic carbocycles. The van der Waals surface area contributed by atoms with Crippen molar-refractivity contribution in [3.05, 3.63) is 78.0 Å². The van der Waals surface area contributed by atoms with Crippen LogP contribution in [0.2, 0.25) is 0 Å². The summed E-state index contributed by atoms with van der Waals surface area (Å²) >= 11 is 0. The third-order valence-corrected chi connectivity index (χ3v) is 4.56. The molecular formula is C17H12N2O2S. The Morgan fingerprint density at radius 3 is 2.64 bits per heavy atom. The van der Waals surface area contributed by atoms with Crippen LogP contribution in [0, 0.1) is 0 Å². The molecule has 4 nitrogen and oxygen atoms in total. The monoisotopic (exact) mass is 308 g/mol. The van der Waals surface area contributed by atoms with E-state index >= 15 is 0 Å². The van der Waals surface area contributed by atoms with Gasteiger partial charge in [-0.1, -0.05) is 36.4 Å². The summed E-state index contributed by atoms with van der Waals surface area (Å²) in [6, 6.07) is 14.1. The molecule has 5 heteroatoms. The SMILES string of the molecule is O=S1(=O)C=CN2C=CC=C(c3ccc4ccccc4c3)C2=N1. The van der Waals surface area contributed by atoms with Crippen LogP contribution in [0.4, 0.5) is 0 Å². The van der Waals surface area contributed by atoms with Crippen molar-refractivity contribution in [1.29, 1.82) is 0 Å². The summed E-state index contributed by atoms with van der Waals surface area (Å²) < 4.78 is 27.4. The highest BCUT2D eigenvalue weighted by Crippen LogP contribution is 2.28. The van der Waals surface area contributed by atoms with Gasteiger partial charge in [0.25, 0.3) is 10.0 Å². The molecule has 108 valence electrons. The van der Waals surface area contributed by atoms with Gasteiger partial charge in [-0.25, -0.2) is 0 Å². The number of fused-ring (bicyclic) bond motifs is 2. The molecule has 2 aliphatic rings. The minimum atomic E-state index is -3.55. The molecule has 2 aromatic carbocycles. The average Bonchev–Trinajstić information content (AvgIpc) is 2.53. The molecule has 0 saturated carbocycles. The number of allylic oxidation sites excluding steroid dienone is 2. The third-order valence-electron chi connectivity index (χ3n) is 3.66. The van der Waals surface area contributed by atoms with E-state index in [1.54, 1.807) is 11.1 Å². The van der Waals surface area contributed by atoms with Crippen LogP contribution in [0.3, 0.4) is 0 Å².